The summed E-state index contributed by atoms with van der Waals surface area (Å²) in [6.45, 7) is 6.73. The van der Waals surface area contributed by atoms with Crippen LogP contribution in [-0.2, 0) is 0 Å². The van der Waals surface area contributed by atoms with Crippen LogP contribution >= 0.6 is 0 Å². The van der Waals surface area contributed by atoms with E-state index < -0.39 is 0 Å². The SMILES string of the molecule is CC(C)c1ccc(C2CC(N)C2C)cc1. The monoisotopic (exact) mass is 203 g/mol. The van der Waals surface area contributed by atoms with Crippen molar-refractivity contribution >= 4 is 0 Å². The van der Waals surface area contributed by atoms with Gasteiger partial charge in [-0.15, -0.1) is 0 Å². The minimum absolute atomic E-state index is 0.416. The fraction of sp³-hybridized carbons (Fsp3) is 0.571. The van der Waals surface area contributed by atoms with Crippen molar-refractivity contribution in [2.45, 2.75) is 45.1 Å². The average molecular weight is 203 g/mol. The van der Waals surface area contributed by atoms with Gasteiger partial charge >= 0.3 is 0 Å². The molecular formula is C14H21N. The molecule has 2 rings (SSSR count). The Morgan fingerprint density at radius 1 is 1.20 bits per heavy atom. The number of benzene rings is 1. The van der Waals surface area contributed by atoms with Crippen molar-refractivity contribution in [2.24, 2.45) is 11.7 Å². The topological polar surface area (TPSA) is 26.0 Å². The molecule has 0 saturated heterocycles. The maximum atomic E-state index is 5.93. The fourth-order valence-electron chi connectivity index (χ4n) is 2.39. The predicted molar refractivity (Wildman–Crippen MR) is 65.0 cm³/mol. The summed E-state index contributed by atoms with van der Waals surface area (Å²) in [5.74, 6) is 1.97. The largest absolute Gasteiger partial charge is 0.327 e. The van der Waals surface area contributed by atoms with E-state index in [2.05, 4.69) is 45.0 Å². The Bertz CT molecular complexity index is 326. The molecule has 1 saturated carbocycles. The van der Waals surface area contributed by atoms with Gasteiger partial charge in [-0.2, -0.15) is 0 Å². The molecule has 1 nitrogen and oxygen atoms in total. The zero-order valence-corrected chi connectivity index (χ0v) is 9.90. The van der Waals surface area contributed by atoms with Crippen molar-refractivity contribution in [1.29, 1.82) is 0 Å². The zero-order chi connectivity index (χ0) is 11.0. The summed E-state index contributed by atoms with van der Waals surface area (Å²) in [6, 6.07) is 9.50. The fourth-order valence-corrected chi connectivity index (χ4v) is 2.39. The Balaban J connectivity index is 2.11. The Kier molecular flexibility index (Phi) is 2.83. The zero-order valence-electron chi connectivity index (χ0n) is 9.90. The molecule has 1 aromatic rings. The Hall–Kier alpha value is -0.820. The van der Waals surface area contributed by atoms with E-state index in [4.69, 9.17) is 5.73 Å². The minimum atomic E-state index is 0.416. The molecule has 0 aliphatic heterocycles. The van der Waals surface area contributed by atoms with E-state index in [0.29, 0.717) is 23.8 Å². The molecule has 1 aliphatic carbocycles. The molecule has 0 spiro atoms. The van der Waals surface area contributed by atoms with Gasteiger partial charge in [0.25, 0.3) is 0 Å². The lowest BCUT2D eigenvalue weighted by Crippen LogP contribution is -2.44. The maximum Gasteiger partial charge on any atom is 0.00763 e. The molecule has 0 radical (unpaired) electrons. The highest BCUT2D eigenvalue weighted by molar-refractivity contribution is 5.29. The highest BCUT2D eigenvalue weighted by Crippen LogP contribution is 2.41. The third-order valence-corrected chi connectivity index (χ3v) is 3.87. The maximum absolute atomic E-state index is 5.93. The van der Waals surface area contributed by atoms with Crippen LogP contribution in [0.4, 0.5) is 0 Å². The van der Waals surface area contributed by atoms with Crippen molar-refractivity contribution in [2.75, 3.05) is 0 Å². The summed E-state index contributed by atoms with van der Waals surface area (Å²) in [5.41, 5.74) is 8.82. The lowest BCUT2D eigenvalue weighted by atomic mass is 9.67. The van der Waals surface area contributed by atoms with Gasteiger partial charge in [0.1, 0.15) is 0 Å². The van der Waals surface area contributed by atoms with Crippen LogP contribution in [0.1, 0.15) is 50.2 Å². The van der Waals surface area contributed by atoms with Crippen molar-refractivity contribution < 1.29 is 0 Å². The van der Waals surface area contributed by atoms with Crippen LogP contribution in [0, 0.1) is 5.92 Å². The predicted octanol–water partition coefficient (Wildman–Crippen LogP) is 3.26. The molecule has 0 amide bonds. The second kappa shape index (κ2) is 3.97. The molecule has 3 atom stereocenters. The second-order valence-corrected chi connectivity index (χ2v) is 5.19. The Morgan fingerprint density at radius 3 is 2.20 bits per heavy atom. The van der Waals surface area contributed by atoms with Gasteiger partial charge in [-0.25, -0.2) is 0 Å². The van der Waals surface area contributed by atoms with Crippen LogP contribution in [0.15, 0.2) is 24.3 Å². The molecule has 1 fully saturated rings. The highest BCUT2D eigenvalue weighted by Gasteiger charge is 2.35. The molecule has 82 valence electrons. The molecule has 0 bridgehead atoms. The van der Waals surface area contributed by atoms with Crippen molar-refractivity contribution in [1.82, 2.24) is 0 Å². The van der Waals surface area contributed by atoms with E-state index in [1.54, 1.807) is 0 Å². The van der Waals surface area contributed by atoms with Crippen LogP contribution in [0.2, 0.25) is 0 Å². The molecule has 0 aromatic heterocycles. The molecule has 15 heavy (non-hydrogen) atoms. The minimum Gasteiger partial charge on any atom is -0.327 e. The van der Waals surface area contributed by atoms with Gasteiger partial charge < -0.3 is 5.73 Å². The Morgan fingerprint density at radius 2 is 1.80 bits per heavy atom. The molecule has 2 N–H and O–H groups in total. The lowest BCUT2D eigenvalue weighted by molar-refractivity contribution is 0.226. The quantitative estimate of drug-likeness (QED) is 0.784. The van der Waals surface area contributed by atoms with E-state index in [1.165, 1.54) is 11.1 Å². The van der Waals surface area contributed by atoms with E-state index in [1.807, 2.05) is 0 Å². The van der Waals surface area contributed by atoms with Crippen LogP contribution in [0.25, 0.3) is 0 Å². The second-order valence-electron chi connectivity index (χ2n) is 5.19. The van der Waals surface area contributed by atoms with E-state index in [9.17, 15) is 0 Å². The number of hydrogen-bond acceptors (Lipinski definition) is 1. The summed E-state index contributed by atoms with van der Waals surface area (Å²) < 4.78 is 0. The van der Waals surface area contributed by atoms with Crippen LogP contribution in [0.3, 0.4) is 0 Å². The summed E-state index contributed by atoms with van der Waals surface area (Å²) in [5, 5.41) is 0. The average Bonchev–Trinajstić information content (AvgIpc) is 2.25. The van der Waals surface area contributed by atoms with Gasteiger partial charge in [-0.05, 0) is 35.3 Å². The lowest BCUT2D eigenvalue weighted by Gasteiger charge is -2.41. The van der Waals surface area contributed by atoms with Crippen molar-refractivity contribution in [3.05, 3.63) is 35.4 Å². The first-order chi connectivity index (χ1) is 7.09. The number of rotatable bonds is 2. The molecule has 1 aliphatic rings. The van der Waals surface area contributed by atoms with Crippen LogP contribution < -0.4 is 5.73 Å². The van der Waals surface area contributed by atoms with Crippen LogP contribution in [0.5, 0.6) is 0 Å². The third kappa shape index (κ3) is 1.93. The molecule has 3 unspecified atom stereocenters. The van der Waals surface area contributed by atoms with Crippen molar-refractivity contribution in [3.8, 4) is 0 Å². The van der Waals surface area contributed by atoms with Gasteiger partial charge in [0.15, 0.2) is 0 Å². The first-order valence-electron chi connectivity index (χ1n) is 5.95. The molecule has 0 heterocycles. The van der Waals surface area contributed by atoms with E-state index in [0.717, 1.165) is 6.42 Å². The van der Waals surface area contributed by atoms with E-state index >= 15 is 0 Å². The smallest absolute Gasteiger partial charge is 0.00763 e. The summed E-state index contributed by atoms with van der Waals surface area (Å²) in [4.78, 5) is 0. The van der Waals surface area contributed by atoms with Gasteiger partial charge in [0, 0.05) is 6.04 Å². The molecule has 1 aromatic carbocycles. The standard InChI is InChI=1S/C14H21N/c1-9(2)11-4-6-12(7-5-11)13-8-14(15)10(13)3/h4-7,9-10,13-14H,8,15H2,1-3H3. The van der Waals surface area contributed by atoms with Gasteiger partial charge in [0.05, 0.1) is 0 Å². The van der Waals surface area contributed by atoms with Gasteiger partial charge in [0.2, 0.25) is 0 Å². The normalized spacial score (nSPS) is 30.3. The first kappa shape index (κ1) is 10.7. The molecular weight excluding hydrogens is 182 g/mol. The number of nitrogens with two attached hydrogens (primary N) is 1. The first-order valence-corrected chi connectivity index (χ1v) is 5.95. The van der Waals surface area contributed by atoms with Gasteiger partial charge in [-0.1, -0.05) is 45.0 Å². The highest BCUT2D eigenvalue weighted by atomic mass is 14.7. The van der Waals surface area contributed by atoms with Gasteiger partial charge in [-0.3, -0.25) is 0 Å². The third-order valence-electron chi connectivity index (χ3n) is 3.87. The summed E-state index contributed by atoms with van der Waals surface area (Å²) >= 11 is 0. The van der Waals surface area contributed by atoms with Crippen molar-refractivity contribution in [3.63, 3.8) is 0 Å². The number of hydrogen-bond donors (Lipinski definition) is 1. The summed E-state index contributed by atoms with van der Waals surface area (Å²) in [7, 11) is 0. The van der Waals surface area contributed by atoms with E-state index in [-0.39, 0.29) is 0 Å². The molecule has 1 heteroatoms. The van der Waals surface area contributed by atoms with Crippen LogP contribution in [-0.4, -0.2) is 6.04 Å². The Labute approximate surface area is 92.7 Å². The summed E-state index contributed by atoms with van der Waals surface area (Å²) in [6.07, 6.45) is 1.15.